The van der Waals surface area contributed by atoms with Gasteiger partial charge in [0.1, 0.15) is 5.60 Å². The summed E-state index contributed by atoms with van der Waals surface area (Å²) in [6.07, 6.45) is 0. The maximum atomic E-state index is 12.1. The smallest absolute Gasteiger partial charge is 0.332 e. The van der Waals surface area contributed by atoms with E-state index in [-0.39, 0.29) is 16.9 Å². The van der Waals surface area contributed by atoms with E-state index in [0.717, 1.165) is 4.57 Å². The van der Waals surface area contributed by atoms with Crippen LogP contribution in [0.25, 0.3) is 11.2 Å². The SMILES string of the molecule is COC1(C)CN(c2nc3c([nH]2)c(=O)n(C)c(=O)n3C)C1. The van der Waals surface area contributed by atoms with E-state index in [2.05, 4.69) is 9.97 Å². The summed E-state index contributed by atoms with van der Waals surface area (Å²) in [4.78, 5) is 33.3. The Bertz CT molecular complexity index is 794. The van der Waals surface area contributed by atoms with Crippen molar-refractivity contribution in [3.63, 3.8) is 0 Å². The summed E-state index contributed by atoms with van der Waals surface area (Å²) >= 11 is 0. The lowest BCUT2D eigenvalue weighted by Crippen LogP contribution is -2.61. The molecule has 0 unspecified atom stereocenters. The Morgan fingerprint density at radius 1 is 1.25 bits per heavy atom. The fraction of sp³-hybridized carbons (Fsp3) is 0.583. The van der Waals surface area contributed by atoms with E-state index in [1.807, 2.05) is 11.8 Å². The van der Waals surface area contributed by atoms with Gasteiger partial charge in [0, 0.05) is 21.2 Å². The van der Waals surface area contributed by atoms with E-state index in [1.54, 1.807) is 14.2 Å². The Kier molecular flexibility index (Phi) is 2.55. The minimum atomic E-state index is -0.383. The zero-order valence-corrected chi connectivity index (χ0v) is 11.9. The van der Waals surface area contributed by atoms with E-state index in [0.29, 0.717) is 30.2 Å². The number of hydrogen-bond acceptors (Lipinski definition) is 5. The normalized spacial score (nSPS) is 17.5. The Labute approximate surface area is 114 Å². The molecule has 0 aliphatic carbocycles. The molecule has 0 amide bonds. The minimum Gasteiger partial charge on any atom is -0.375 e. The molecule has 0 aromatic carbocycles. The van der Waals surface area contributed by atoms with Crippen LogP contribution in [0.2, 0.25) is 0 Å². The highest BCUT2D eigenvalue weighted by atomic mass is 16.5. The van der Waals surface area contributed by atoms with E-state index in [9.17, 15) is 9.59 Å². The molecular formula is C12H17N5O3. The second-order valence-electron chi connectivity index (χ2n) is 5.47. The number of fused-ring (bicyclic) bond motifs is 1. The van der Waals surface area contributed by atoms with E-state index >= 15 is 0 Å². The number of aryl methyl sites for hydroxylation is 1. The lowest BCUT2D eigenvalue weighted by atomic mass is 9.97. The van der Waals surface area contributed by atoms with Gasteiger partial charge in [-0.15, -0.1) is 0 Å². The highest BCUT2D eigenvalue weighted by Crippen LogP contribution is 2.28. The molecule has 8 nitrogen and oxygen atoms in total. The van der Waals surface area contributed by atoms with Crippen LogP contribution >= 0.6 is 0 Å². The molecule has 20 heavy (non-hydrogen) atoms. The van der Waals surface area contributed by atoms with Crippen molar-refractivity contribution in [3.05, 3.63) is 20.8 Å². The van der Waals surface area contributed by atoms with Gasteiger partial charge >= 0.3 is 5.69 Å². The number of aromatic nitrogens is 4. The topological polar surface area (TPSA) is 85.2 Å². The zero-order valence-electron chi connectivity index (χ0n) is 11.9. The van der Waals surface area contributed by atoms with Crippen molar-refractivity contribution in [1.29, 1.82) is 0 Å². The van der Waals surface area contributed by atoms with Gasteiger partial charge in [0.15, 0.2) is 11.2 Å². The summed E-state index contributed by atoms with van der Waals surface area (Å²) in [6, 6.07) is 0. The van der Waals surface area contributed by atoms with Crippen LogP contribution in [0.15, 0.2) is 9.59 Å². The fourth-order valence-corrected chi connectivity index (χ4v) is 2.50. The summed E-state index contributed by atoms with van der Waals surface area (Å²) in [5.74, 6) is 0.591. The number of nitrogens with zero attached hydrogens (tertiary/aromatic N) is 4. The van der Waals surface area contributed by atoms with Crippen molar-refractivity contribution in [2.24, 2.45) is 14.1 Å². The fourth-order valence-electron chi connectivity index (χ4n) is 2.50. The van der Waals surface area contributed by atoms with Gasteiger partial charge < -0.3 is 14.6 Å². The van der Waals surface area contributed by atoms with Gasteiger partial charge in [-0.05, 0) is 6.92 Å². The van der Waals surface area contributed by atoms with Crippen molar-refractivity contribution in [3.8, 4) is 0 Å². The van der Waals surface area contributed by atoms with Gasteiger partial charge in [0.2, 0.25) is 5.95 Å². The predicted octanol–water partition coefficient (Wildman–Crippen LogP) is -0.815. The van der Waals surface area contributed by atoms with Crippen LogP contribution < -0.4 is 16.1 Å². The molecule has 0 saturated carbocycles. The molecule has 1 aliphatic heterocycles. The number of anilines is 1. The summed E-state index contributed by atoms with van der Waals surface area (Å²) in [5, 5.41) is 0. The molecule has 3 heterocycles. The third-order valence-corrected chi connectivity index (χ3v) is 3.93. The molecule has 0 radical (unpaired) electrons. The number of methoxy groups -OCH3 is 1. The Hall–Kier alpha value is -2.09. The monoisotopic (exact) mass is 279 g/mol. The van der Waals surface area contributed by atoms with E-state index in [4.69, 9.17) is 4.74 Å². The number of H-pyrrole nitrogens is 1. The molecule has 3 rings (SSSR count). The summed E-state index contributed by atoms with van der Waals surface area (Å²) in [5.41, 5.74) is -0.215. The maximum Gasteiger partial charge on any atom is 0.332 e. The Balaban J connectivity index is 2.09. The first-order chi connectivity index (χ1) is 9.36. The predicted molar refractivity (Wildman–Crippen MR) is 74.2 cm³/mol. The number of nitrogens with one attached hydrogen (secondary N) is 1. The van der Waals surface area contributed by atoms with Crippen molar-refractivity contribution < 1.29 is 4.74 Å². The summed E-state index contributed by atoms with van der Waals surface area (Å²) in [7, 11) is 4.73. The number of hydrogen-bond donors (Lipinski definition) is 1. The zero-order chi connectivity index (χ0) is 14.7. The Morgan fingerprint density at radius 2 is 1.90 bits per heavy atom. The molecule has 0 atom stereocenters. The molecule has 1 fully saturated rings. The lowest BCUT2D eigenvalue weighted by Gasteiger charge is -2.46. The third-order valence-electron chi connectivity index (χ3n) is 3.93. The number of ether oxygens (including phenoxy) is 1. The van der Waals surface area contributed by atoms with Crippen LogP contribution in [0.4, 0.5) is 5.95 Å². The second kappa shape index (κ2) is 3.95. The molecule has 1 aliphatic rings. The van der Waals surface area contributed by atoms with Crippen molar-refractivity contribution in [1.82, 2.24) is 19.1 Å². The van der Waals surface area contributed by atoms with E-state index < -0.39 is 0 Å². The Morgan fingerprint density at radius 3 is 2.50 bits per heavy atom. The molecule has 2 aromatic heterocycles. The van der Waals surface area contributed by atoms with Gasteiger partial charge in [-0.25, -0.2) is 4.79 Å². The lowest BCUT2D eigenvalue weighted by molar-refractivity contribution is -0.0174. The first-order valence-electron chi connectivity index (χ1n) is 6.32. The van der Waals surface area contributed by atoms with Gasteiger partial charge in [-0.2, -0.15) is 4.98 Å². The van der Waals surface area contributed by atoms with Crippen LogP contribution in [0.1, 0.15) is 6.92 Å². The minimum absolute atomic E-state index is 0.185. The number of rotatable bonds is 2. The van der Waals surface area contributed by atoms with Crippen LogP contribution in [0, 0.1) is 0 Å². The number of imidazole rings is 1. The molecule has 8 heteroatoms. The highest BCUT2D eigenvalue weighted by molar-refractivity contribution is 5.73. The van der Waals surface area contributed by atoms with E-state index in [1.165, 1.54) is 11.6 Å². The molecule has 1 saturated heterocycles. The van der Waals surface area contributed by atoms with Crippen molar-refractivity contribution >= 4 is 17.1 Å². The van der Waals surface area contributed by atoms with Crippen LogP contribution in [0.3, 0.4) is 0 Å². The molecule has 108 valence electrons. The standard InChI is InChI=1S/C12H17N5O3/c1-12(20-4)5-17(6-12)10-13-7-8(14-10)15(2)11(19)16(3)9(7)18/h5-6H2,1-4H3,(H,13,14). The first kappa shape index (κ1) is 12.9. The average molecular weight is 279 g/mol. The van der Waals surface area contributed by atoms with Gasteiger partial charge in [0.25, 0.3) is 5.56 Å². The van der Waals surface area contributed by atoms with Gasteiger partial charge in [0.05, 0.1) is 13.1 Å². The quantitative estimate of drug-likeness (QED) is 0.777. The van der Waals surface area contributed by atoms with Crippen LogP contribution in [-0.2, 0) is 18.8 Å². The average Bonchev–Trinajstić information content (AvgIpc) is 2.84. The molecule has 0 spiro atoms. The van der Waals surface area contributed by atoms with Crippen LogP contribution in [-0.4, -0.2) is 44.9 Å². The molecular weight excluding hydrogens is 262 g/mol. The summed E-state index contributed by atoms with van der Waals surface area (Å²) < 4.78 is 7.82. The highest BCUT2D eigenvalue weighted by Gasteiger charge is 2.40. The first-order valence-corrected chi connectivity index (χ1v) is 6.32. The molecule has 2 aromatic rings. The molecule has 1 N–H and O–H groups in total. The van der Waals surface area contributed by atoms with Crippen molar-refractivity contribution in [2.75, 3.05) is 25.1 Å². The largest absolute Gasteiger partial charge is 0.375 e. The molecule has 0 bridgehead atoms. The van der Waals surface area contributed by atoms with Crippen molar-refractivity contribution in [2.45, 2.75) is 12.5 Å². The number of aromatic amines is 1. The second-order valence-corrected chi connectivity index (χ2v) is 5.47. The third kappa shape index (κ3) is 1.61. The summed E-state index contributed by atoms with van der Waals surface area (Å²) in [6.45, 7) is 3.40. The van der Waals surface area contributed by atoms with Crippen LogP contribution in [0.5, 0.6) is 0 Å². The maximum absolute atomic E-state index is 12.1. The van der Waals surface area contributed by atoms with Gasteiger partial charge in [-0.3, -0.25) is 13.9 Å². The van der Waals surface area contributed by atoms with Gasteiger partial charge in [-0.1, -0.05) is 0 Å².